The number of fused-ring (bicyclic) bond motifs is 2. The minimum absolute atomic E-state index is 0.655. The molecule has 0 aliphatic carbocycles. The van der Waals surface area contributed by atoms with Gasteiger partial charge >= 0.3 is 0 Å². The van der Waals surface area contributed by atoms with Crippen molar-refractivity contribution in [2.24, 2.45) is 5.92 Å². The second kappa shape index (κ2) is 6.63. The van der Waals surface area contributed by atoms with E-state index in [9.17, 15) is 0 Å². The molecule has 0 N–H and O–H groups in total. The number of hydrogen-bond acceptors (Lipinski definition) is 5. The molecule has 0 radical (unpaired) electrons. The fourth-order valence-electron chi connectivity index (χ4n) is 4.97. The topological polar surface area (TPSA) is 35.5 Å². The fourth-order valence-corrected chi connectivity index (χ4v) is 4.97. The van der Waals surface area contributed by atoms with Gasteiger partial charge in [-0.2, -0.15) is 0 Å². The predicted octanol–water partition coefficient (Wildman–Crippen LogP) is 2.18. The van der Waals surface area contributed by atoms with Gasteiger partial charge in [0, 0.05) is 50.7 Å². The molecule has 136 valence electrons. The third kappa shape index (κ3) is 2.89. The quantitative estimate of drug-likeness (QED) is 0.849. The van der Waals surface area contributed by atoms with Crippen LogP contribution in [-0.4, -0.2) is 59.0 Å². The third-order valence-electron chi connectivity index (χ3n) is 6.36. The van der Waals surface area contributed by atoms with Gasteiger partial charge in [0.1, 0.15) is 12.1 Å². The fraction of sp³-hybridized carbons (Fsp3) is 0.524. The highest BCUT2D eigenvalue weighted by molar-refractivity contribution is 5.51. The average molecular weight is 349 g/mol. The van der Waals surface area contributed by atoms with E-state index in [1.54, 1.807) is 6.33 Å². The Bertz CT molecular complexity index is 777. The van der Waals surface area contributed by atoms with Crippen LogP contribution in [-0.2, 0) is 19.5 Å². The zero-order chi connectivity index (χ0) is 17.5. The first-order chi connectivity index (χ1) is 12.8. The van der Waals surface area contributed by atoms with Gasteiger partial charge in [0.2, 0.25) is 0 Å². The van der Waals surface area contributed by atoms with Crippen LogP contribution in [0, 0.1) is 5.92 Å². The molecule has 0 spiro atoms. The molecule has 3 aliphatic heterocycles. The average Bonchev–Trinajstić information content (AvgIpc) is 3.24. The summed E-state index contributed by atoms with van der Waals surface area (Å²) < 4.78 is 0. The number of hydrogen-bond donors (Lipinski definition) is 0. The molecule has 1 aromatic carbocycles. The first kappa shape index (κ1) is 16.2. The number of nitrogens with zero attached hydrogens (tertiary/aromatic N) is 5. The molecular weight excluding hydrogens is 322 g/mol. The van der Waals surface area contributed by atoms with E-state index in [4.69, 9.17) is 4.98 Å². The maximum atomic E-state index is 4.71. The van der Waals surface area contributed by atoms with Crippen LogP contribution in [0.25, 0.3) is 0 Å². The largest absolute Gasteiger partial charge is 0.354 e. The Balaban J connectivity index is 1.35. The number of likely N-dealkylation sites (tertiary alicyclic amines) is 1. The van der Waals surface area contributed by atoms with E-state index in [-0.39, 0.29) is 0 Å². The first-order valence-corrected chi connectivity index (χ1v) is 9.82. The van der Waals surface area contributed by atoms with Crippen molar-refractivity contribution < 1.29 is 0 Å². The summed E-state index contributed by atoms with van der Waals surface area (Å²) in [4.78, 5) is 16.9. The molecule has 5 heteroatoms. The predicted molar refractivity (Wildman–Crippen MR) is 103 cm³/mol. The van der Waals surface area contributed by atoms with E-state index >= 15 is 0 Å². The van der Waals surface area contributed by atoms with Crippen LogP contribution in [0.5, 0.6) is 0 Å². The molecule has 5 rings (SSSR count). The van der Waals surface area contributed by atoms with Gasteiger partial charge in [0.25, 0.3) is 0 Å². The van der Waals surface area contributed by atoms with Crippen molar-refractivity contribution in [2.45, 2.75) is 32.0 Å². The maximum absolute atomic E-state index is 4.71. The van der Waals surface area contributed by atoms with Crippen LogP contribution in [0.15, 0.2) is 36.7 Å². The van der Waals surface area contributed by atoms with Gasteiger partial charge in [-0.25, -0.2) is 9.97 Å². The van der Waals surface area contributed by atoms with E-state index in [2.05, 4.69) is 57.1 Å². The van der Waals surface area contributed by atoms with Gasteiger partial charge < -0.3 is 9.80 Å². The summed E-state index contributed by atoms with van der Waals surface area (Å²) in [5.41, 5.74) is 4.04. The Kier molecular flexibility index (Phi) is 4.14. The van der Waals surface area contributed by atoms with Crippen LogP contribution >= 0.6 is 0 Å². The lowest BCUT2D eigenvalue weighted by atomic mass is 10.0. The van der Waals surface area contributed by atoms with Crippen LogP contribution in [0.4, 0.5) is 5.82 Å². The lowest BCUT2D eigenvalue weighted by Gasteiger charge is -2.30. The first-order valence-electron chi connectivity index (χ1n) is 9.82. The van der Waals surface area contributed by atoms with E-state index in [1.807, 2.05) is 0 Å². The van der Waals surface area contributed by atoms with Crippen LogP contribution in [0.1, 0.15) is 23.2 Å². The Hall–Kier alpha value is -1.98. The number of anilines is 1. The lowest BCUT2D eigenvalue weighted by Crippen LogP contribution is -2.36. The van der Waals surface area contributed by atoms with E-state index in [1.165, 1.54) is 35.6 Å². The highest BCUT2D eigenvalue weighted by Gasteiger charge is 2.42. The molecule has 4 heterocycles. The highest BCUT2D eigenvalue weighted by Crippen LogP contribution is 2.36. The van der Waals surface area contributed by atoms with Crippen molar-refractivity contribution in [3.05, 3.63) is 53.5 Å². The molecule has 0 bridgehead atoms. The van der Waals surface area contributed by atoms with E-state index < -0.39 is 0 Å². The van der Waals surface area contributed by atoms with Gasteiger partial charge in [0.05, 0.1) is 5.69 Å². The standard InChI is InChI=1S/C21H27N5/c1-24-9-8-19-18(13-24)21(23-15-22-19)26-12-17-7-10-25(20(17)14-26)11-16-5-3-2-4-6-16/h2-6,15,17,20H,7-14H2,1H3. The van der Waals surface area contributed by atoms with Crippen molar-refractivity contribution in [2.75, 3.05) is 38.1 Å². The zero-order valence-corrected chi connectivity index (χ0v) is 15.5. The molecule has 1 aromatic heterocycles. The van der Waals surface area contributed by atoms with Crippen LogP contribution < -0.4 is 4.90 Å². The summed E-state index contributed by atoms with van der Waals surface area (Å²) in [6.07, 6.45) is 4.12. The Morgan fingerprint density at radius 1 is 1.08 bits per heavy atom. The zero-order valence-electron chi connectivity index (χ0n) is 15.5. The maximum Gasteiger partial charge on any atom is 0.136 e. The minimum Gasteiger partial charge on any atom is -0.354 e. The summed E-state index contributed by atoms with van der Waals surface area (Å²) >= 11 is 0. The molecule has 3 aliphatic rings. The number of likely N-dealkylation sites (N-methyl/N-ethyl adjacent to an activating group) is 1. The summed E-state index contributed by atoms with van der Waals surface area (Å²) in [5.74, 6) is 1.96. The molecule has 2 aromatic rings. The lowest BCUT2D eigenvalue weighted by molar-refractivity contribution is 0.245. The summed E-state index contributed by atoms with van der Waals surface area (Å²) in [6.45, 7) is 6.61. The van der Waals surface area contributed by atoms with Gasteiger partial charge in [-0.1, -0.05) is 30.3 Å². The monoisotopic (exact) mass is 349 g/mol. The number of benzene rings is 1. The van der Waals surface area contributed by atoms with Crippen molar-refractivity contribution in [1.29, 1.82) is 0 Å². The molecule has 2 saturated heterocycles. The Morgan fingerprint density at radius 3 is 2.85 bits per heavy atom. The van der Waals surface area contributed by atoms with Crippen LogP contribution in [0.2, 0.25) is 0 Å². The Labute approximate surface area is 155 Å². The molecular formula is C21H27N5. The Morgan fingerprint density at radius 2 is 1.96 bits per heavy atom. The van der Waals surface area contributed by atoms with Crippen molar-refractivity contribution in [1.82, 2.24) is 19.8 Å². The summed E-state index contributed by atoms with van der Waals surface area (Å²) in [7, 11) is 2.19. The van der Waals surface area contributed by atoms with Crippen molar-refractivity contribution in [3.8, 4) is 0 Å². The van der Waals surface area contributed by atoms with Gasteiger partial charge in [-0.3, -0.25) is 4.90 Å². The van der Waals surface area contributed by atoms with Crippen molar-refractivity contribution >= 4 is 5.82 Å². The third-order valence-corrected chi connectivity index (χ3v) is 6.36. The molecule has 2 unspecified atom stereocenters. The summed E-state index contributed by atoms with van der Waals surface area (Å²) in [6, 6.07) is 11.5. The molecule has 2 fully saturated rings. The number of rotatable bonds is 3. The minimum atomic E-state index is 0.655. The normalized spacial score (nSPS) is 26.1. The molecule has 5 nitrogen and oxygen atoms in total. The molecule has 26 heavy (non-hydrogen) atoms. The number of aromatic nitrogens is 2. The highest BCUT2D eigenvalue weighted by atomic mass is 15.3. The van der Waals surface area contributed by atoms with E-state index in [0.29, 0.717) is 6.04 Å². The van der Waals surface area contributed by atoms with E-state index in [0.717, 1.165) is 45.1 Å². The smallest absolute Gasteiger partial charge is 0.136 e. The van der Waals surface area contributed by atoms with Gasteiger partial charge in [-0.05, 0) is 31.5 Å². The second-order valence-corrected chi connectivity index (χ2v) is 8.09. The molecule has 0 amide bonds. The second-order valence-electron chi connectivity index (χ2n) is 8.09. The summed E-state index contributed by atoms with van der Waals surface area (Å²) in [5, 5.41) is 0. The van der Waals surface area contributed by atoms with Crippen molar-refractivity contribution in [3.63, 3.8) is 0 Å². The van der Waals surface area contributed by atoms with Gasteiger partial charge in [-0.15, -0.1) is 0 Å². The van der Waals surface area contributed by atoms with Crippen LogP contribution in [0.3, 0.4) is 0 Å². The molecule has 0 saturated carbocycles. The SMILES string of the molecule is CN1CCc2ncnc(N3CC4CCN(Cc5ccccc5)C4C3)c2C1. The van der Waals surface area contributed by atoms with Gasteiger partial charge in [0.15, 0.2) is 0 Å². The molecule has 2 atom stereocenters.